The molecule has 0 amide bonds. The molecule has 0 heterocycles. The van der Waals surface area contributed by atoms with Crippen molar-refractivity contribution in [1.82, 2.24) is 0 Å². The zero-order valence-corrected chi connectivity index (χ0v) is 9.99. The average Bonchev–Trinajstić information content (AvgIpc) is 2.26. The summed E-state index contributed by atoms with van der Waals surface area (Å²) in [5.74, 6) is 0.260. The quantitative estimate of drug-likeness (QED) is 0.784. The Kier molecular flexibility index (Phi) is 3.90. The van der Waals surface area contributed by atoms with E-state index in [-0.39, 0.29) is 17.2 Å². The molecule has 1 atom stereocenters. The van der Waals surface area contributed by atoms with Gasteiger partial charge in [0, 0.05) is 12.8 Å². The smallest absolute Gasteiger partial charge is 0.179 e. The van der Waals surface area contributed by atoms with Crippen molar-refractivity contribution in [3.8, 4) is 5.75 Å². The molecule has 0 saturated carbocycles. The van der Waals surface area contributed by atoms with Crippen molar-refractivity contribution in [3.63, 3.8) is 0 Å². The summed E-state index contributed by atoms with van der Waals surface area (Å²) in [7, 11) is -1.99. The molecule has 0 aliphatic rings. The lowest BCUT2D eigenvalue weighted by atomic mass is 10.1. The molecule has 1 aromatic carbocycles. The summed E-state index contributed by atoms with van der Waals surface area (Å²) in [6, 6.07) is 4.47. The molecule has 16 heavy (non-hydrogen) atoms. The molecular formula is C10H15NO4S. The number of sulfone groups is 1. The number of hydrogen-bond donors (Lipinski definition) is 2. The van der Waals surface area contributed by atoms with Gasteiger partial charge in [0.1, 0.15) is 10.6 Å². The topological polar surface area (TPSA) is 89.6 Å². The molecule has 0 fully saturated rings. The van der Waals surface area contributed by atoms with Crippen molar-refractivity contribution in [1.29, 1.82) is 0 Å². The predicted octanol–water partition coefficient (Wildman–Crippen LogP) is 0.0908. The van der Waals surface area contributed by atoms with E-state index in [4.69, 9.17) is 10.5 Å². The molecule has 5 nitrogen and oxygen atoms in total. The van der Waals surface area contributed by atoms with Crippen LogP contribution in [0.3, 0.4) is 0 Å². The third-order valence-electron chi connectivity index (χ3n) is 2.20. The molecule has 0 saturated heterocycles. The maximum atomic E-state index is 11.5. The molecule has 0 spiro atoms. The molecule has 0 aliphatic carbocycles. The van der Waals surface area contributed by atoms with Crippen molar-refractivity contribution in [2.45, 2.75) is 11.0 Å². The fourth-order valence-corrected chi connectivity index (χ4v) is 2.19. The SMILES string of the molecule is COc1ccc(C(O)CN)cc1S(C)(=O)=O. The van der Waals surface area contributed by atoms with E-state index in [1.165, 1.54) is 19.2 Å². The molecule has 0 aromatic heterocycles. The number of aliphatic hydroxyl groups excluding tert-OH is 1. The molecular weight excluding hydrogens is 230 g/mol. The van der Waals surface area contributed by atoms with Gasteiger partial charge in [-0.25, -0.2) is 8.42 Å². The number of ether oxygens (including phenoxy) is 1. The van der Waals surface area contributed by atoms with Crippen LogP contribution in [0.5, 0.6) is 5.75 Å². The molecule has 0 bridgehead atoms. The fraction of sp³-hybridized carbons (Fsp3) is 0.400. The Bertz CT molecular complexity index is 470. The lowest BCUT2D eigenvalue weighted by Crippen LogP contribution is -2.12. The van der Waals surface area contributed by atoms with Crippen LogP contribution in [0.15, 0.2) is 23.1 Å². The van der Waals surface area contributed by atoms with E-state index in [2.05, 4.69) is 0 Å². The van der Waals surface area contributed by atoms with Gasteiger partial charge in [0.2, 0.25) is 0 Å². The van der Waals surface area contributed by atoms with Crippen molar-refractivity contribution < 1.29 is 18.3 Å². The van der Waals surface area contributed by atoms with Crippen LogP contribution < -0.4 is 10.5 Å². The second kappa shape index (κ2) is 4.82. The van der Waals surface area contributed by atoms with Gasteiger partial charge in [0.25, 0.3) is 0 Å². The molecule has 90 valence electrons. The van der Waals surface area contributed by atoms with E-state index in [1.807, 2.05) is 0 Å². The van der Waals surface area contributed by atoms with Crippen molar-refractivity contribution in [2.75, 3.05) is 19.9 Å². The van der Waals surface area contributed by atoms with E-state index in [1.54, 1.807) is 6.07 Å². The summed E-state index contributed by atoms with van der Waals surface area (Å²) < 4.78 is 27.9. The molecule has 0 aliphatic heterocycles. The van der Waals surface area contributed by atoms with Crippen molar-refractivity contribution >= 4 is 9.84 Å². The minimum absolute atomic E-state index is 0.0372. The van der Waals surface area contributed by atoms with Gasteiger partial charge in [-0.15, -0.1) is 0 Å². The highest BCUT2D eigenvalue weighted by molar-refractivity contribution is 7.90. The molecule has 1 rings (SSSR count). The summed E-state index contributed by atoms with van der Waals surface area (Å²) in [5, 5.41) is 9.52. The van der Waals surface area contributed by atoms with Gasteiger partial charge < -0.3 is 15.6 Å². The van der Waals surface area contributed by atoms with Crippen molar-refractivity contribution in [3.05, 3.63) is 23.8 Å². The van der Waals surface area contributed by atoms with Crippen molar-refractivity contribution in [2.24, 2.45) is 5.73 Å². The van der Waals surface area contributed by atoms with Gasteiger partial charge >= 0.3 is 0 Å². The van der Waals surface area contributed by atoms with Crippen LogP contribution >= 0.6 is 0 Å². The minimum atomic E-state index is -3.39. The maximum absolute atomic E-state index is 11.5. The molecule has 6 heteroatoms. The first-order chi connectivity index (χ1) is 7.40. The van der Waals surface area contributed by atoms with Gasteiger partial charge in [0.15, 0.2) is 9.84 Å². The highest BCUT2D eigenvalue weighted by Gasteiger charge is 2.16. The third-order valence-corrected chi connectivity index (χ3v) is 3.31. The van der Waals surface area contributed by atoms with E-state index >= 15 is 0 Å². The first-order valence-corrected chi connectivity index (χ1v) is 6.55. The van der Waals surface area contributed by atoms with Crippen LogP contribution in [0.25, 0.3) is 0 Å². The highest BCUT2D eigenvalue weighted by Crippen LogP contribution is 2.26. The number of aliphatic hydroxyl groups is 1. The predicted molar refractivity (Wildman–Crippen MR) is 60.1 cm³/mol. The summed E-state index contributed by atoms with van der Waals surface area (Å²) in [5.41, 5.74) is 5.76. The second-order valence-corrected chi connectivity index (χ2v) is 5.42. The zero-order chi connectivity index (χ0) is 12.3. The zero-order valence-electron chi connectivity index (χ0n) is 9.17. The Morgan fingerprint density at radius 1 is 1.50 bits per heavy atom. The normalized spacial score (nSPS) is 13.5. The summed E-state index contributed by atoms with van der Waals surface area (Å²) >= 11 is 0. The van der Waals surface area contributed by atoms with Gasteiger partial charge in [-0.3, -0.25) is 0 Å². The van der Waals surface area contributed by atoms with Crippen LogP contribution in [-0.4, -0.2) is 33.4 Å². The summed E-state index contributed by atoms with van der Waals surface area (Å²) in [4.78, 5) is 0.0556. The van der Waals surface area contributed by atoms with Crippen LogP contribution in [0.4, 0.5) is 0 Å². The minimum Gasteiger partial charge on any atom is -0.495 e. The standard InChI is InChI=1S/C10H15NO4S/c1-15-9-4-3-7(8(12)6-11)5-10(9)16(2,13)14/h3-5,8,12H,6,11H2,1-2H3. The second-order valence-electron chi connectivity index (χ2n) is 3.43. The Morgan fingerprint density at radius 3 is 2.56 bits per heavy atom. The number of nitrogens with two attached hydrogens (primary N) is 1. The number of rotatable bonds is 4. The first-order valence-electron chi connectivity index (χ1n) is 4.66. The number of benzene rings is 1. The third kappa shape index (κ3) is 2.72. The monoisotopic (exact) mass is 245 g/mol. The van der Waals surface area contributed by atoms with Crippen LogP contribution in [0.2, 0.25) is 0 Å². The van der Waals surface area contributed by atoms with Gasteiger partial charge in [-0.1, -0.05) is 6.07 Å². The van der Waals surface area contributed by atoms with Crippen LogP contribution in [0, 0.1) is 0 Å². The largest absolute Gasteiger partial charge is 0.495 e. The summed E-state index contributed by atoms with van der Waals surface area (Å²) in [6.07, 6.45) is 0.218. The first kappa shape index (κ1) is 13.0. The van der Waals surface area contributed by atoms with E-state index in [9.17, 15) is 13.5 Å². The van der Waals surface area contributed by atoms with E-state index in [0.29, 0.717) is 5.56 Å². The molecule has 0 radical (unpaired) electrons. The summed E-state index contributed by atoms with van der Waals surface area (Å²) in [6.45, 7) is 0.0372. The van der Waals surface area contributed by atoms with Gasteiger partial charge in [-0.2, -0.15) is 0 Å². The molecule has 1 unspecified atom stereocenters. The van der Waals surface area contributed by atoms with Gasteiger partial charge in [-0.05, 0) is 17.7 Å². The maximum Gasteiger partial charge on any atom is 0.179 e. The Hall–Kier alpha value is -1.11. The van der Waals surface area contributed by atoms with Gasteiger partial charge in [0.05, 0.1) is 13.2 Å². The Balaban J connectivity index is 3.33. The number of methoxy groups -OCH3 is 1. The Labute approximate surface area is 94.8 Å². The highest BCUT2D eigenvalue weighted by atomic mass is 32.2. The average molecular weight is 245 g/mol. The van der Waals surface area contributed by atoms with E-state index in [0.717, 1.165) is 6.26 Å². The van der Waals surface area contributed by atoms with E-state index < -0.39 is 15.9 Å². The molecule has 1 aromatic rings. The molecule has 3 N–H and O–H groups in total. The lowest BCUT2D eigenvalue weighted by Gasteiger charge is -2.12. The number of hydrogen-bond acceptors (Lipinski definition) is 5. The van der Waals surface area contributed by atoms with Crippen LogP contribution in [-0.2, 0) is 9.84 Å². The fourth-order valence-electron chi connectivity index (χ4n) is 1.33. The lowest BCUT2D eigenvalue weighted by molar-refractivity contribution is 0.186. The Morgan fingerprint density at radius 2 is 2.12 bits per heavy atom. The van der Waals surface area contributed by atoms with Crippen LogP contribution in [0.1, 0.15) is 11.7 Å².